The lowest BCUT2D eigenvalue weighted by Crippen LogP contribution is -2.27. The SMILES string of the molecule is Cl.N[C@H]1CCc2nc(NC(=O)c3ccccc3Cl)sc2C1. The Labute approximate surface area is 138 Å². The number of hydrogen-bond donors (Lipinski definition) is 2. The Bertz CT molecular complexity index is 659. The summed E-state index contributed by atoms with van der Waals surface area (Å²) in [5.74, 6) is -0.231. The molecule has 2 aromatic rings. The minimum atomic E-state index is -0.231. The number of carbonyl (C=O) groups is 1. The Hall–Kier alpha value is -1.14. The predicted molar refractivity (Wildman–Crippen MR) is 88.8 cm³/mol. The highest BCUT2D eigenvalue weighted by atomic mass is 35.5. The normalized spacial score (nSPS) is 16.8. The molecule has 1 aromatic heterocycles. The Morgan fingerprint density at radius 3 is 2.95 bits per heavy atom. The van der Waals surface area contributed by atoms with Gasteiger partial charge in [0, 0.05) is 10.9 Å². The van der Waals surface area contributed by atoms with Gasteiger partial charge in [0.25, 0.3) is 5.91 Å². The molecule has 7 heteroatoms. The fourth-order valence-corrected chi connectivity index (χ4v) is 3.58. The molecule has 1 aliphatic carbocycles. The van der Waals surface area contributed by atoms with Gasteiger partial charge in [-0.1, -0.05) is 23.7 Å². The van der Waals surface area contributed by atoms with Crippen molar-refractivity contribution < 1.29 is 4.79 Å². The zero-order valence-corrected chi connectivity index (χ0v) is 13.5. The van der Waals surface area contributed by atoms with Crippen molar-refractivity contribution in [2.75, 3.05) is 5.32 Å². The first-order valence-corrected chi connectivity index (χ1v) is 7.63. The number of fused-ring (bicyclic) bond motifs is 1. The Kier molecular flexibility index (Phi) is 5.22. The van der Waals surface area contributed by atoms with E-state index >= 15 is 0 Å². The fourth-order valence-electron chi connectivity index (χ4n) is 2.26. The summed E-state index contributed by atoms with van der Waals surface area (Å²) in [6.07, 6.45) is 2.68. The number of halogens is 2. The molecule has 4 nitrogen and oxygen atoms in total. The third-order valence-corrected chi connectivity index (χ3v) is 4.68. The number of rotatable bonds is 2. The van der Waals surface area contributed by atoms with E-state index < -0.39 is 0 Å². The largest absolute Gasteiger partial charge is 0.327 e. The minimum absolute atomic E-state index is 0. The van der Waals surface area contributed by atoms with Crippen molar-refractivity contribution in [3.8, 4) is 0 Å². The maximum Gasteiger partial charge on any atom is 0.258 e. The quantitative estimate of drug-likeness (QED) is 0.878. The molecule has 112 valence electrons. The number of carbonyl (C=O) groups excluding carboxylic acids is 1. The average Bonchev–Trinajstić information content (AvgIpc) is 2.80. The van der Waals surface area contributed by atoms with Crippen LogP contribution in [-0.2, 0) is 12.8 Å². The van der Waals surface area contributed by atoms with Crippen molar-refractivity contribution in [2.45, 2.75) is 25.3 Å². The molecular formula is C14H15Cl2N3OS. The summed E-state index contributed by atoms with van der Waals surface area (Å²) in [6, 6.07) is 7.17. The third kappa shape index (κ3) is 3.55. The lowest BCUT2D eigenvalue weighted by atomic mass is 9.99. The molecule has 0 unspecified atom stereocenters. The Balaban J connectivity index is 0.00000161. The van der Waals surface area contributed by atoms with E-state index in [0.717, 1.165) is 25.0 Å². The first-order chi connectivity index (χ1) is 9.63. The molecule has 3 N–H and O–H groups in total. The van der Waals surface area contributed by atoms with Gasteiger partial charge in [0.15, 0.2) is 5.13 Å². The smallest absolute Gasteiger partial charge is 0.258 e. The predicted octanol–water partition coefficient (Wildman–Crippen LogP) is 3.29. The molecule has 0 bridgehead atoms. The van der Waals surface area contributed by atoms with Crippen LogP contribution >= 0.6 is 35.3 Å². The van der Waals surface area contributed by atoms with Gasteiger partial charge in [-0.2, -0.15) is 0 Å². The molecule has 0 spiro atoms. The van der Waals surface area contributed by atoms with Crippen LogP contribution in [0.15, 0.2) is 24.3 Å². The molecule has 1 amide bonds. The summed E-state index contributed by atoms with van der Waals surface area (Å²) < 4.78 is 0. The van der Waals surface area contributed by atoms with Crippen molar-refractivity contribution in [2.24, 2.45) is 5.73 Å². The van der Waals surface area contributed by atoms with Gasteiger partial charge in [-0.25, -0.2) is 4.98 Å². The maximum atomic E-state index is 12.2. The van der Waals surface area contributed by atoms with Crippen LogP contribution in [0.5, 0.6) is 0 Å². The van der Waals surface area contributed by atoms with E-state index in [2.05, 4.69) is 10.3 Å². The van der Waals surface area contributed by atoms with Crippen LogP contribution in [-0.4, -0.2) is 16.9 Å². The van der Waals surface area contributed by atoms with Crippen LogP contribution < -0.4 is 11.1 Å². The summed E-state index contributed by atoms with van der Waals surface area (Å²) in [4.78, 5) is 17.8. The highest BCUT2D eigenvalue weighted by molar-refractivity contribution is 7.15. The van der Waals surface area contributed by atoms with E-state index in [-0.39, 0.29) is 24.4 Å². The monoisotopic (exact) mass is 343 g/mol. The minimum Gasteiger partial charge on any atom is -0.327 e. The van der Waals surface area contributed by atoms with Gasteiger partial charge in [0.05, 0.1) is 16.3 Å². The summed E-state index contributed by atoms with van der Waals surface area (Å²) in [5.41, 5.74) is 7.46. The van der Waals surface area contributed by atoms with Crippen molar-refractivity contribution in [1.82, 2.24) is 4.98 Å². The summed E-state index contributed by atoms with van der Waals surface area (Å²) in [7, 11) is 0. The van der Waals surface area contributed by atoms with E-state index in [1.165, 1.54) is 16.2 Å². The fraction of sp³-hybridized carbons (Fsp3) is 0.286. The number of thiazole rings is 1. The van der Waals surface area contributed by atoms with Gasteiger partial charge in [-0.3, -0.25) is 10.1 Å². The van der Waals surface area contributed by atoms with Crippen LogP contribution in [0.4, 0.5) is 5.13 Å². The lowest BCUT2D eigenvalue weighted by molar-refractivity contribution is 0.102. The number of aromatic nitrogens is 1. The van der Waals surface area contributed by atoms with Crippen molar-refractivity contribution in [3.05, 3.63) is 45.4 Å². The molecule has 0 fully saturated rings. The van der Waals surface area contributed by atoms with E-state index in [1.807, 2.05) is 0 Å². The maximum absolute atomic E-state index is 12.2. The highest BCUT2D eigenvalue weighted by Crippen LogP contribution is 2.29. The third-order valence-electron chi connectivity index (χ3n) is 3.32. The summed E-state index contributed by atoms with van der Waals surface area (Å²) in [6.45, 7) is 0. The average molecular weight is 344 g/mol. The molecule has 0 radical (unpaired) electrons. The summed E-state index contributed by atoms with van der Waals surface area (Å²) in [5, 5.41) is 3.87. The van der Waals surface area contributed by atoms with E-state index in [9.17, 15) is 4.79 Å². The first-order valence-electron chi connectivity index (χ1n) is 6.43. The number of nitrogens with two attached hydrogens (primary N) is 1. The standard InChI is InChI=1S/C14H14ClN3OS.ClH/c15-10-4-2-1-3-9(10)13(19)18-14-17-11-6-5-8(16)7-12(11)20-14;/h1-4,8H,5-7,16H2,(H,17,18,19);1H/t8-;/m0./s1. The van der Waals surface area contributed by atoms with Crippen molar-refractivity contribution in [3.63, 3.8) is 0 Å². The Morgan fingerprint density at radius 2 is 2.19 bits per heavy atom. The van der Waals surface area contributed by atoms with E-state index in [0.29, 0.717) is 15.7 Å². The molecule has 1 aliphatic rings. The second kappa shape index (κ2) is 6.75. The van der Waals surface area contributed by atoms with Crippen LogP contribution in [0.25, 0.3) is 0 Å². The van der Waals surface area contributed by atoms with Gasteiger partial charge in [-0.15, -0.1) is 23.7 Å². The van der Waals surface area contributed by atoms with Gasteiger partial charge < -0.3 is 5.73 Å². The zero-order valence-electron chi connectivity index (χ0n) is 11.1. The number of amides is 1. The number of anilines is 1. The molecule has 1 aromatic carbocycles. The molecule has 1 atom stereocenters. The van der Waals surface area contributed by atoms with Crippen LogP contribution in [0.2, 0.25) is 5.02 Å². The zero-order chi connectivity index (χ0) is 14.1. The molecule has 0 saturated carbocycles. The number of nitrogens with zero attached hydrogens (tertiary/aromatic N) is 1. The first kappa shape index (κ1) is 16.2. The highest BCUT2D eigenvalue weighted by Gasteiger charge is 2.21. The van der Waals surface area contributed by atoms with Gasteiger partial charge in [0.2, 0.25) is 0 Å². The molecular weight excluding hydrogens is 329 g/mol. The van der Waals surface area contributed by atoms with Crippen LogP contribution in [0.1, 0.15) is 27.3 Å². The van der Waals surface area contributed by atoms with E-state index in [1.54, 1.807) is 24.3 Å². The van der Waals surface area contributed by atoms with Crippen molar-refractivity contribution >= 4 is 46.4 Å². The number of hydrogen-bond acceptors (Lipinski definition) is 4. The number of nitrogens with one attached hydrogen (secondary N) is 1. The van der Waals surface area contributed by atoms with Crippen LogP contribution in [0, 0.1) is 0 Å². The van der Waals surface area contributed by atoms with Gasteiger partial charge >= 0.3 is 0 Å². The molecule has 3 rings (SSSR count). The molecule has 1 heterocycles. The lowest BCUT2D eigenvalue weighted by Gasteiger charge is -2.15. The summed E-state index contributed by atoms with van der Waals surface area (Å²) >= 11 is 7.51. The number of aryl methyl sites for hydroxylation is 1. The van der Waals surface area contributed by atoms with Gasteiger partial charge in [0.1, 0.15) is 0 Å². The molecule has 0 saturated heterocycles. The van der Waals surface area contributed by atoms with Crippen LogP contribution in [0.3, 0.4) is 0 Å². The van der Waals surface area contributed by atoms with Crippen molar-refractivity contribution in [1.29, 1.82) is 0 Å². The second-order valence-corrected chi connectivity index (χ2v) is 6.32. The molecule has 0 aliphatic heterocycles. The molecule has 21 heavy (non-hydrogen) atoms. The van der Waals surface area contributed by atoms with Gasteiger partial charge in [-0.05, 0) is 31.4 Å². The topological polar surface area (TPSA) is 68.0 Å². The van der Waals surface area contributed by atoms with E-state index in [4.69, 9.17) is 17.3 Å². The second-order valence-electron chi connectivity index (χ2n) is 4.83. The number of benzene rings is 1. The Morgan fingerprint density at radius 1 is 1.43 bits per heavy atom.